The Bertz CT molecular complexity index is 198. The molecule has 1 heterocycles. The molecule has 1 spiro atoms. The van der Waals surface area contributed by atoms with Gasteiger partial charge in [-0.3, -0.25) is 4.79 Å². The van der Waals surface area contributed by atoms with Gasteiger partial charge in [-0.1, -0.05) is 0 Å². The molecule has 0 radical (unpaired) electrons. The predicted octanol–water partition coefficient (Wildman–Crippen LogP) is 0.362. The molecule has 2 fully saturated rings. The summed E-state index contributed by atoms with van der Waals surface area (Å²) in [7, 11) is 0. The van der Waals surface area contributed by atoms with Crippen LogP contribution >= 0.6 is 0 Å². The number of hydrogen-bond donors (Lipinski definition) is 1. The van der Waals surface area contributed by atoms with Crippen molar-refractivity contribution < 1.29 is 14.6 Å². The van der Waals surface area contributed by atoms with E-state index < -0.39 is 0 Å². The number of rotatable bonds is 1. The number of primary amides is 1. The Morgan fingerprint density at radius 1 is 1.50 bits per heavy atom. The number of carbonyl (C=O) groups is 1. The molecule has 1 amide bonds. The van der Waals surface area contributed by atoms with Gasteiger partial charge in [0.05, 0.1) is 6.61 Å². The van der Waals surface area contributed by atoms with Gasteiger partial charge in [-0.2, -0.15) is 0 Å². The zero-order chi connectivity index (χ0) is 8.60. The summed E-state index contributed by atoms with van der Waals surface area (Å²) < 4.78 is 0. The third-order valence-electron chi connectivity index (χ3n) is 2.85. The molecule has 2 unspecified atom stereocenters. The Morgan fingerprint density at radius 2 is 2.33 bits per heavy atom. The minimum atomic E-state index is -0.206. The summed E-state index contributed by atoms with van der Waals surface area (Å²) in [5.41, 5.74) is 5.03. The van der Waals surface area contributed by atoms with Crippen molar-refractivity contribution in [1.29, 1.82) is 0 Å². The standard InChI is InChI=1S/C8H13NO3/c9-7(10)6-1-2-8(5-6)3-4-11-12-8/h6H,1-5H2,(H2,9,10). The molecule has 2 aliphatic rings. The molecule has 2 N–H and O–H groups in total. The molecule has 4 heteroatoms. The highest BCUT2D eigenvalue weighted by molar-refractivity contribution is 5.77. The van der Waals surface area contributed by atoms with Gasteiger partial charge in [0.2, 0.25) is 5.91 Å². The van der Waals surface area contributed by atoms with Crippen molar-refractivity contribution in [2.24, 2.45) is 11.7 Å². The Balaban J connectivity index is 2.01. The van der Waals surface area contributed by atoms with Crippen LogP contribution in [-0.2, 0) is 14.6 Å². The van der Waals surface area contributed by atoms with Crippen LogP contribution in [0.15, 0.2) is 0 Å². The van der Waals surface area contributed by atoms with Crippen LogP contribution in [0.3, 0.4) is 0 Å². The maximum Gasteiger partial charge on any atom is 0.220 e. The molecular formula is C8H13NO3. The first kappa shape index (κ1) is 8.01. The first-order valence-corrected chi connectivity index (χ1v) is 4.32. The van der Waals surface area contributed by atoms with Gasteiger partial charge >= 0.3 is 0 Å². The summed E-state index contributed by atoms with van der Waals surface area (Å²) in [6, 6.07) is 0. The molecule has 0 aromatic heterocycles. The summed E-state index contributed by atoms with van der Waals surface area (Å²) in [6.45, 7) is 0.644. The van der Waals surface area contributed by atoms with E-state index in [1.54, 1.807) is 0 Å². The van der Waals surface area contributed by atoms with E-state index in [0.717, 1.165) is 25.7 Å². The van der Waals surface area contributed by atoms with Crippen LogP contribution in [0.1, 0.15) is 25.7 Å². The molecule has 68 valence electrons. The second kappa shape index (κ2) is 2.71. The average molecular weight is 171 g/mol. The van der Waals surface area contributed by atoms with Crippen molar-refractivity contribution >= 4 is 5.91 Å². The van der Waals surface area contributed by atoms with Crippen molar-refractivity contribution in [3.8, 4) is 0 Å². The van der Waals surface area contributed by atoms with E-state index in [0.29, 0.717) is 6.61 Å². The van der Waals surface area contributed by atoms with E-state index in [2.05, 4.69) is 0 Å². The van der Waals surface area contributed by atoms with Crippen molar-refractivity contribution in [1.82, 2.24) is 0 Å². The number of hydrogen-bond acceptors (Lipinski definition) is 3. The van der Waals surface area contributed by atoms with E-state index in [1.807, 2.05) is 0 Å². The monoisotopic (exact) mass is 171 g/mol. The van der Waals surface area contributed by atoms with Gasteiger partial charge in [-0.25, -0.2) is 9.78 Å². The highest BCUT2D eigenvalue weighted by Crippen LogP contribution is 2.42. The minimum Gasteiger partial charge on any atom is -0.369 e. The normalized spacial score (nSPS) is 40.8. The van der Waals surface area contributed by atoms with Crippen LogP contribution in [-0.4, -0.2) is 18.1 Å². The quantitative estimate of drug-likeness (QED) is 0.579. The molecule has 0 aromatic carbocycles. The highest BCUT2D eigenvalue weighted by Gasteiger charge is 2.45. The first-order chi connectivity index (χ1) is 5.72. The first-order valence-electron chi connectivity index (χ1n) is 4.32. The topological polar surface area (TPSA) is 61.6 Å². The fraction of sp³-hybridized carbons (Fsp3) is 0.875. The molecule has 1 saturated carbocycles. The van der Waals surface area contributed by atoms with Crippen molar-refractivity contribution in [3.05, 3.63) is 0 Å². The minimum absolute atomic E-state index is 0.00769. The maximum absolute atomic E-state index is 10.9. The third-order valence-corrected chi connectivity index (χ3v) is 2.85. The van der Waals surface area contributed by atoms with Crippen LogP contribution in [0.2, 0.25) is 0 Å². The summed E-state index contributed by atoms with van der Waals surface area (Å²) in [4.78, 5) is 20.9. The lowest BCUT2D eigenvalue weighted by Gasteiger charge is -2.18. The third kappa shape index (κ3) is 1.21. The molecule has 4 nitrogen and oxygen atoms in total. The fourth-order valence-electron chi connectivity index (χ4n) is 2.07. The number of carbonyl (C=O) groups excluding carboxylic acids is 1. The van der Waals surface area contributed by atoms with Gasteiger partial charge in [-0.15, -0.1) is 0 Å². The summed E-state index contributed by atoms with van der Waals surface area (Å²) in [5, 5.41) is 0. The van der Waals surface area contributed by atoms with Crippen molar-refractivity contribution in [2.75, 3.05) is 6.61 Å². The van der Waals surface area contributed by atoms with Crippen LogP contribution < -0.4 is 5.73 Å². The molecule has 2 rings (SSSR count). The summed E-state index contributed by atoms with van der Waals surface area (Å²) in [6.07, 6.45) is 3.39. The zero-order valence-corrected chi connectivity index (χ0v) is 6.91. The summed E-state index contributed by atoms with van der Waals surface area (Å²) >= 11 is 0. The molecule has 0 aromatic rings. The van der Waals surface area contributed by atoms with Crippen LogP contribution in [0.4, 0.5) is 0 Å². The largest absolute Gasteiger partial charge is 0.369 e. The second-order valence-corrected chi connectivity index (χ2v) is 3.68. The molecular weight excluding hydrogens is 158 g/mol. The van der Waals surface area contributed by atoms with Crippen LogP contribution in [0, 0.1) is 5.92 Å². The Hall–Kier alpha value is -0.610. The Kier molecular flexibility index (Phi) is 1.81. The maximum atomic E-state index is 10.9. The lowest BCUT2D eigenvalue weighted by molar-refractivity contribution is -0.307. The van der Waals surface area contributed by atoms with Crippen LogP contribution in [0.25, 0.3) is 0 Å². The van der Waals surface area contributed by atoms with E-state index in [-0.39, 0.29) is 17.4 Å². The van der Waals surface area contributed by atoms with Gasteiger partial charge in [0.15, 0.2) is 0 Å². The van der Waals surface area contributed by atoms with E-state index in [4.69, 9.17) is 15.5 Å². The smallest absolute Gasteiger partial charge is 0.220 e. The van der Waals surface area contributed by atoms with E-state index >= 15 is 0 Å². The zero-order valence-electron chi connectivity index (χ0n) is 6.91. The average Bonchev–Trinajstić information content (AvgIpc) is 2.62. The highest BCUT2D eigenvalue weighted by atomic mass is 17.2. The van der Waals surface area contributed by atoms with Gasteiger partial charge in [-0.05, 0) is 19.3 Å². The molecule has 2 atom stereocenters. The van der Waals surface area contributed by atoms with Crippen LogP contribution in [0.5, 0.6) is 0 Å². The van der Waals surface area contributed by atoms with Gasteiger partial charge in [0, 0.05) is 12.3 Å². The molecule has 1 aliphatic carbocycles. The lowest BCUT2D eigenvalue weighted by Crippen LogP contribution is -2.27. The molecule has 12 heavy (non-hydrogen) atoms. The number of nitrogens with two attached hydrogens (primary N) is 1. The molecule has 1 aliphatic heterocycles. The lowest BCUT2D eigenvalue weighted by atomic mass is 9.97. The van der Waals surface area contributed by atoms with Gasteiger partial charge in [0.25, 0.3) is 0 Å². The number of amides is 1. The second-order valence-electron chi connectivity index (χ2n) is 3.68. The Labute approximate surface area is 70.9 Å². The van der Waals surface area contributed by atoms with E-state index in [1.165, 1.54) is 0 Å². The fourth-order valence-corrected chi connectivity index (χ4v) is 2.07. The van der Waals surface area contributed by atoms with Gasteiger partial charge in [0.1, 0.15) is 5.60 Å². The van der Waals surface area contributed by atoms with Gasteiger partial charge < -0.3 is 5.73 Å². The van der Waals surface area contributed by atoms with Crippen molar-refractivity contribution in [3.63, 3.8) is 0 Å². The molecule has 0 bridgehead atoms. The molecule has 1 saturated heterocycles. The SMILES string of the molecule is NC(=O)C1CCC2(CCOO2)C1. The Morgan fingerprint density at radius 3 is 2.83 bits per heavy atom. The summed E-state index contributed by atoms with van der Waals surface area (Å²) in [5.74, 6) is -0.214. The van der Waals surface area contributed by atoms with E-state index in [9.17, 15) is 4.79 Å². The van der Waals surface area contributed by atoms with Crippen molar-refractivity contribution in [2.45, 2.75) is 31.3 Å². The predicted molar refractivity (Wildman–Crippen MR) is 40.9 cm³/mol.